The first-order chi connectivity index (χ1) is 8.16. The topological polar surface area (TPSA) is 58.6 Å². The molecule has 0 atom stereocenters. The molecule has 0 N–H and O–H groups in total. The van der Waals surface area contributed by atoms with Gasteiger partial charge in [0.25, 0.3) is 0 Å². The third kappa shape index (κ3) is 4.09. The summed E-state index contributed by atoms with van der Waals surface area (Å²) in [6, 6.07) is 3.93. The number of hydrogen-bond acceptors (Lipinski definition) is 5. The van der Waals surface area contributed by atoms with Gasteiger partial charge in [-0.2, -0.15) is 11.8 Å². The maximum absolute atomic E-state index is 10.3. The summed E-state index contributed by atoms with van der Waals surface area (Å²) in [7, 11) is 0. The Labute approximate surface area is 132 Å². The van der Waals surface area contributed by atoms with Crippen LogP contribution in [0.1, 0.15) is 11.1 Å². The molecule has 0 fully saturated rings. The number of aliphatic carboxylic acids is 1. The van der Waals surface area contributed by atoms with Crippen molar-refractivity contribution in [3.63, 3.8) is 0 Å². The molecular formula is C12H13NaO4S. The van der Waals surface area contributed by atoms with Crippen molar-refractivity contribution < 1.29 is 48.9 Å². The molecule has 6 heteroatoms. The van der Waals surface area contributed by atoms with Crippen LogP contribution in [0.5, 0.6) is 11.5 Å². The van der Waals surface area contributed by atoms with Crippen LogP contribution < -0.4 is 44.1 Å². The van der Waals surface area contributed by atoms with Gasteiger partial charge < -0.3 is 19.4 Å². The number of carbonyl (C=O) groups is 1. The third-order valence-corrected chi connectivity index (χ3v) is 3.50. The van der Waals surface area contributed by atoms with Crippen molar-refractivity contribution in [1.29, 1.82) is 0 Å². The van der Waals surface area contributed by atoms with Crippen LogP contribution in [-0.2, 0) is 11.2 Å². The summed E-state index contributed by atoms with van der Waals surface area (Å²) < 4.78 is 10.6. The Bertz CT molecular complexity index is 436. The van der Waals surface area contributed by atoms with Gasteiger partial charge in [-0.15, -0.1) is 0 Å². The number of thioether (sulfide) groups is 1. The van der Waals surface area contributed by atoms with Crippen LogP contribution in [0.15, 0.2) is 12.1 Å². The van der Waals surface area contributed by atoms with Crippen LogP contribution in [0.4, 0.5) is 0 Å². The molecule has 0 saturated carbocycles. The summed E-state index contributed by atoms with van der Waals surface area (Å²) in [5.41, 5.74) is 2.31. The van der Waals surface area contributed by atoms with E-state index >= 15 is 0 Å². The number of hydrogen-bond donors (Lipinski definition) is 0. The second-order valence-electron chi connectivity index (χ2n) is 3.81. The van der Waals surface area contributed by atoms with Gasteiger partial charge in [0.15, 0.2) is 11.5 Å². The van der Waals surface area contributed by atoms with Gasteiger partial charge in [0.1, 0.15) is 0 Å². The zero-order valence-electron chi connectivity index (χ0n) is 10.5. The first kappa shape index (κ1) is 15.7. The van der Waals surface area contributed by atoms with E-state index in [-0.39, 0.29) is 42.1 Å². The second kappa shape index (κ2) is 7.28. The van der Waals surface area contributed by atoms with E-state index in [1.54, 1.807) is 0 Å². The summed E-state index contributed by atoms with van der Waals surface area (Å²) in [5, 5.41) is 10.3. The van der Waals surface area contributed by atoms with Gasteiger partial charge in [-0.1, -0.05) is 0 Å². The maximum Gasteiger partial charge on any atom is 1.00 e. The van der Waals surface area contributed by atoms with Crippen molar-refractivity contribution in [3.05, 3.63) is 23.3 Å². The molecule has 0 bridgehead atoms. The molecule has 0 saturated heterocycles. The minimum atomic E-state index is -1.02. The molecule has 4 nitrogen and oxygen atoms in total. The molecule has 2 rings (SSSR count). The summed E-state index contributed by atoms with van der Waals surface area (Å²) in [5.74, 6) is 1.35. The fraction of sp³-hybridized carbons (Fsp3) is 0.417. The Morgan fingerprint density at radius 2 is 2.06 bits per heavy atom. The van der Waals surface area contributed by atoms with Gasteiger partial charge in [-0.3, -0.25) is 0 Å². The average molecular weight is 276 g/mol. The number of benzene rings is 1. The third-order valence-electron chi connectivity index (χ3n) is 2.57. The van der Waals surface area contributed by atoms with E-state index in [1.807, 2.05) is 19.1 Å². The minimum absolute atomic E-state index is 0. The Morgan fingerprint density at radius 3 is 2.72 bits per heavy atom. The molecular weight excluding hydrogens is 263 g/mol. The zero-order chi connectivity index (χ0) is 12.3. The van der Waals surface area contributed by atoms with Crippen LogP contribution >= 0.6 is 11.8 Å². The van der Waals surface area contributed by atoms with Gasteiger partial charge in [-0.05, 0) is 42.4 Å². The smallest absolute Gasteiger partial charge is 0.549 e. The molecule has 0 unspecified atom stereocenters. The van der Waals surface area contributed by atoms with Gasteiger partial charge in [0.05, 0.1) is 5.97 Å². The molecule has 0 radical (unpaired) electrons. The summed E-state index contributed by atoms with van der Waals surface area (Å²) in [6.07, 6.45) is 0.820. The van der Waals surface area contributed by atoms with Crippen LogP contribution in [0.3, 0.4) is 0 Å². The number of carbonyl (C=O) groups excluding carboxylic acids is 1. The van der Waals surface area contributed by atoms with E-state index in [9.17, 15) is 9.90 Å². The standard InChI is InChI=1S/C12H14O4S.Na/c1-8-4-10-11(16-7-15-10)5-9(8)2-3-17-6-12(13)14;/h4-5H,2-3,6-7H2,1H3,(H,13,14);/q;+1/p-1. The first-order valence-corrected chi connectivity index (χ1v) is 6.49. The van der Waals surface area contributed by atoms with E-state index in [2.05, 4.69) is 0 Å². The summed E-state index contributed by atoms with van der Waals surface area (Å²) in [6.45, 7) is 2.29. The molecule has 0 amide bonds. The average Bonchev–Trinajstić information content (AvgIpc) is 2.71. The van der Waals surface area contributed by atoms with Crippen LogP contribution in [0.2, 0.25) is 0 Å². The monoisotopic (exact) mass is 276 g/mol. The number of fused-ring (bicyclic) bond motifs is 1. The number of aryl methyl sites for hydroxylation is 2. The molecule has 0 aliphatic carbocycles. The number of carboxylic acid groups (broad SMARTS) is 1. The van der Waals surface area contributed by atoms with E-state index in [0.717, 1.165) is 29.2 Å². The van der Waals surface area contributed by atoms with Crippen molar-refractivity contribution >= 4 is 17.7 Å². The number of ether oxygens (including phenoxy) is 2. The molecule has 92 valence electrons. The molecule has 1 heterocycles. The van der Waals surface area contributed by atoms with Gasteiger partial charge >= 0.3 is 29.6 Å². The Morgan fingerprint density at radius 1 is 1.39 bits per heavy atom. The quantitative estimate of drug-likeness (QED) is 0.449. The molecule has 1 aliphatic heterocycles. The van der Waals surface area contributed by atoms with Crippen LogP contribution in [0, 0.1) is 6.92 Å². The molecule has 1 aliphatic rings. The fourth-order valence-electron chi connectivity index (χ4n) is 1.69. The van der Waals surface area contributed by atoms with Gasteiger partial charge in [0, 0.05) is 5.75 Å². The Kier molecular flexibility index (Phi) is 6.35. The largest absolute Gasteiger partial charge is 1.00 e. The fourth-order valence-corrected chi connectivity index (χ4v) is 2.37. The molecule has 1 aromatic rings. The maximum atomic E-state index is 10.3. The number of carboxylic acids is 1. The summed E-state index contributed by atoms with van der Waals surface area (Å²) >= 11 is 1.36. The van der Waals surface area contributed by atoms with Gasteiger partial charge in [-0.25, -0.2) is 0 Å². The second-order valence-corrected chi connectivity index (χ2v) is 4.91. The predicted molar refractivity (Wildman–Crippen MR) is 63.3 cm³/mol. The van der Waals surface area contributed by atoms with Crippen molar-refractivity contribution in [2.45, 2.75) is 13.3 Å². The van der Waals surface area contributed by atoms with Crippen molar-refractivity contribution in [2.75, 3.05) is 18.3 Å². The molecule has 18 heavy (non-hydrogen) atoms. The molecule has 0 aromatic heterocycles. The number of rotatable bonds is 5. The van der Waals surface area contributed by atoms with E-state index in [1.165, 1.54) is 17.3 Å². The Hall–Kier alpha value is -0.360. The Balaban J connectivity index is 0.00000162. The van der Waals surface area contributed by atoms with Crippen LogP contribution in [0.25, 0.3) is 0 Å². The van der Waals surface area contributed by atoms with Crippen molar-refractivity contribution in [1.82, 2.24) is 0 Å². The predicted octanol–water partition coefficient (Wildman–Crippen LogP) is -2.25. The zero-order valence-corrected chi connectivity index (χ0v) is 13.3. The van der Waals surface area contributed by atoms with E-state index in [4.69, 9.17) is 9.47 Å². The van der Waals surface area contributed by atoms with E-state index in [0.29, 0.717) is 0 Å². The normalized spacial score (nSPS) is 12.1. The molecule has 0 spiro atoms. The first-order valence-electron chi connectivity index (χ1n) is 5.33. The van der Waals surface area contributed by atoms with Crippen molar-refractivity contribution in [3.8, 4) is 11.5 Å². The summed E-state index contributed by atoms with van der Waals surface area (Å²) in [4.78, 5) is 10.3. The SMILES string of the molecule is Cc1cc2c(cc1CCSCC(=O)[O-])OCO2.[Na+]. The van der Waals surface area contributed by atoms with Crippen LogP contribution in [-0.4, -0.2) is 24.3 Å². The molecule has 1 aromatic carbocycles. The van der Waals surface area contributed by atoms with E-state index < -0.39 is 5.97 Å². The van der Waals surface area contributed by atoms with Crippen molar-refractivity contribution in [2.24, 2.45) is 0 Å². The van der Waals surface area contributed by atoms with Gasteiger partial charge in [0.2, 0.25) is 6.79 Å². The minimum Gasteiger partial charge on any atom is -0.549 e.